The van der Waals surface area contributed by atoms with E-state index in [2.05, 4.69) is 40.7 Å². The van der Waals surface area contributed by atoms with Gasteiger partial charge in [0.25, 0.3) is 0 Å². The van der Waals surface area contributed by atoms with E-state index >= 15 is 0 Å². The zero-order chi connectivity index (χ0) is 11.9. The van der Waals surface area contributed by atoms with Crippen LogP contribution in [0.2, 0.25) is 0 Å². The summed E-state index contributed by atoms with van der Waals surface area (Å²) >= 11 is 0. The van der Waals surface area contributed by atoms with Crippen molar-refractivity contribution in [2.24, 2.45) is 5.41 Å². The lowest BCUT2D eigenvalue weighted by Crippen LogP contribution is -2.36. The van der Waals surface area contributed by atoms with Gasteiger partial charge in [-0.1, -0.05) is 26.8 Å². The van der Waals surface area contributed by atoms with Crippen LogP contribution in [0.4, 0.5) is 0 Å². The summed E-state index contributed by atoms with van der Waals surface area (Å²) in [5.41, 5.74) is 4.27. The third-order valence-corrected chi connectivity index (χ3v) is 3.43. The van der Waals surface area contributed by atoms with Crippen LogP contribution in [0.15, 0.2) is 22.8 Å². The molecule has 2 nitrogen and oxygen atoms in total. The topological polar surface area (TPSA) is 18.5 Å². The summed E-state index contributed by atoms with van der Waals surface area (Å²) in [5, 5.41) is 0. The molecule has 1 aliphatic heterocycles. The SMILES string of the molecule is C/C=C1\C(C(C)(C)C)=C(C)[C@H]2OCCO[C@@H]12. The van der Waals surface area contributed by atoms with Crippen molar-refractivity contribution in [3.63, 3.8) is 0 Å². The maximum absolute atomic E-state index is 5.87. The van der Waals surface area contributed by atoms with Crippen molar-refractivity contribution < 1.29 is 9.47 Å². The summed E-state index contributed by atoms with van der Waals surface area (Å²) in [6.07, 6.45) is 2.46. The highest BCUT2D eigenvalue weighted by molar-refractivity contribution is 5.50. The van der Waals surface area contributed by atoms with Crippen molar-refractivity contribution in [1.82, 2.24) is 0 Å². The summed E-state index contributed by atoms with van der Waals surface area (Å²) in [6, 6.07) is 0. The fourth-order valence-electron chi connectivity index (χ4n) is 2.98. The first-order valence-corrected chi connectivity index (χ1v) is 6.08. The molecule has 0 bridgehead atoms. The van der Waals surface area contributed by atoms with Crippen LogP contribution in [0.1, 0.15) is 34.6 Å². The third kappa shape index (κ3) is 1.74. The van der Waals surface area contributed by atoms with Gasteiger partial charge < -0.3 is 9.47 Å². The number of fused-ring (bicyclic) bond motifs is 1. The lowest BCUT2D eigenvalue weighted by molar-refractivity contribution is -0.104. The quantitative estimate of drug-likeness (QED) is 0.627. The lowest BCUT2D eigenvalue weighted by atomic mass is 9.81. The lowest BCUT2D eigenvalue weighted by Gasteiger charge is -2.29. The molecule has 1 fully saturated rings. The minimum atomic E-state index is 0.132. The largest absolute Gasteiger partial charge is 0.368 e. The summed E-state index contributed by atoms with van der Waals surface area (Å²) in [7, 11) is 0. The summed E-state index contributed by atoms with van der Waals surface area (Å²) in [6.45, 7) is 12.5. The van der Waals surface area contributed by atoms with E-state index in [0.29, 0.717) is 13.2 Å². The molecular formula is C14H22O2. The number of hydrogen-bond donors (Lipinski definition) is 0. The third-order valence-electron chi connectivity index (χ3n) is 3.43. The van der Waals surface area contributed by atoms with Gasteiger partial charge in [0.15, 0.2) is 0 Å². The zero-order valence-corrected chi connectivity index (χ0v) is 11.0. The molecule has 0 aromatic carbocycles. The fraction of sp³-hybridized carbons (Fsp3) is 0.714. The van der Waals surface area contributed by atoms with E-state index < -0.39 is 0 Å². The first kappa shape index (κ1) is 11.9. The van der Waals surface area contributed by atoms with Crippen LogP contribution in [-0.2, 0) is 9.47 Å². The number of rotatable bonds is 0. The highest BCUT2D eigenvalue weighted by atomic mass is 16.6. The molecule has 90 valence electrons. The minimum Gasteiger partial charge on any atom is -0.368 e. The van der Waals surface area contributed by atoms with Crippen molar-refractivity contribution >= 4 is 0 Å². The standard InChI is InChI=1S/C14H22O2/c1-6-10-11(14(3,4)5)9(2)12-13(10)16-8-7-15-12/h6,12-13H,7-8H2,1-5H3/b10-6+/t12-,13+/m1/s1. The van der Waals surface area contributed by atoms with E-state index in [1.807, 2.05) is 0 Å². The maximum Gasteiger partial charge on any atom is 0.113 e. The predicted octanol–water partition coefficient (Wildman–Crippen LogP) is 3.09. The molecule has 16 heavy (non-hydrogen) atoms. The molecule has 0 aromatic rings. The molecule has 2 aliphatic rings. The van der Waals surface area contributed by atoms with Crippen molar-refractivity contribution in [2.45, 2.75) is 46.8 Å². The van der Waals surface area contributed by atoms with Gasteiger partial charge in [0, 0.05) is 0 Å². The van der Waals surface area contributed by atoms with Crippen LogP contribution in [-0.4, -0.2) is 25.4 Å². The van der Waals surface area contributed by atoms with E-state index in [0.717, 1.165) is 0 Å². The molecule has 1 heterocycles. The molecule has 0 spiro atoms. The van der Waals surface area contributed by atoms with Crippen molar-refractivity contribution in [2.75, 3.05) is 13.2 Å². The molecule has 0 radical (unpaired) electrons. The van der Waals surface area contributed by atoms with Gasteiger partial charge in [0.2, 0.25) is 0 Å². The molecular weight excluding hydrogens is 200 g/mol. The van der Waals surface area contributed by atoms with Gasteiger partial charge in [0.05, 0.1) is 13.2 Å². The molecule has 1 saturated heterocycles. The van der Waals surface area contributed by atoms with Gasteiger partial charge in [-0.3, -0.25) is 0 Å². The Morgan fingerprint density at radius 1 is 1.12 bits per heavy atom. The second-order valence-electron chi connectivity index (χ2n) is 5.63. The van der Waals surface area contributed by atoms with E-state index in [1.54, 1.807) is 0 Å². The van der Waals surface area contributed by atoms with E-state index in [4.69, 9.17) is 9.47 Å². The smallest absolute Gasteiger partial charge is 0.113 e. The van der Waals surface area contributed by atoms with Crippen LogP contribution in [0.5, 0.6) is 0 Å². The number of hydrogen-bond acceptors (Lipinski definition) is 2. The van der Waals surface area contributed by atoms with Crippen LogP contribution >= 0.6 is 0 Å². The van der Waals surface area contributed by atoms with Crippen molar-refractivity contribution in [3.05, 3.63) is 22.8 Å². The zero-order valence-electron chi connectivity index (χ0n) is 11.0. The van der Waals surface area contributed by atoms with E-state index in [1.165, 1.54) is 16.7 Å². The Hall–Kier alpha value is -0.600. The van der Waals surface area contributed by atoms with E-state index in [-0.39, 0.29) is 17.6 Å². The Morgan fingerprint density at radius 3 is 2.19 bits per heavy atom. The van der Waals surface area contributed by atoms with Crippen molar-refractivity contribution in [1.29, 1.82) is 0 Å². The van der Waals surface area contributed by atoms with Crippen LogP contribution in [0.3, 0.4) is 0 Å². The maximum atomic E-state index is 5.87. The van der Waals surface area contributed by atoms with Crippen molar-refractivity contribution in [3.8, 4) is 0 Å². The molecule has 0 N–H and O–H groups in total. The average Bonchev–Trinajstić information content (AvgIpc) is 2.51. The second-order valence-corrected chi connectivity index (χ2v) is 5.63. The Balaban J connectivity index is 2.44. The normalized spacial score (nSPS) is 33.4. The Bertz CT molecular complexity index is 344. The molecule has 2 rings (SSSR count). The first-order valence-electron chi connectivity index (χ1n) is 6.08. The highest BCUT2D eigenvalue weighted by Crippen LogP contribution is 2.45. The van der Waals surface area contributed by atoms with Crippen LogP contribution in [0, 0.1) is 5.41 Å². The Labute approximate surface area is 98.3 Å². The molecule has 0 saturated carbocycles. The van der Waals surface area contributed by atoms with Gasteiger partial charge in [-0.15, -0.1) is 0 Å². The Morgan fingerprint density at radius 2 is 1.69 bits per heavy atom. The minimum absolute atomic E-state index is 0.132. The molecule has 0 amide bonds. The first-order chi connectivity index (χ1) is 7.46. The average molecular weight is 222 g/mol. The van der Waals surface area contributed by atoms with E-state index in [9.17, 15) is 0 Å². The Kier molecular flexibility index (Phi) is 2.97. The van der Waals surface area contributed by atoms with Gasteiger partial charge in [0.1, 0.15) is 12.2 Å². The molecule has 1 aliphatic carbocycles. The van der Waals surface area contributed by atoms with Gasteiger partial charge in [-0.05, 0) is 36.0 Å². The molecule has 2 atom stereocenters. The fourth-order valence-corrected chi connectivity index (χ4v) is 2.98. The summed E-state index contributed by atoms with van der Waals surface area (Å²) < 4.78 is 11.7. The van der Waals surface area contributed by atoms with Crippen LogP contribution < -0.4 is 0 Å². The highest BCUT2D eigenvalue weighted by Gasteiger charge is 2.43. The van der Waals surface area contributed by atoms with Gasteiger partial charge in [-0.25, -0.2) is 0 Å². The second kappa shape index (κ2) is 4.01. The number of ether oxygens (including phenoxy) is 2. The van der Waals surface area contributed by atoms with Gasteiger partial charge in [-0.2, -0.15) is 0 Å². The predicted molar refractivity (Wildman–Crippen MR) is 65.4 cm³/mol. The summed E-state index contributed by atoms with van der Waals surface area (Å²) in [4.78, 5) is 0. The number of allylic oxidation sites excluding steroid dienone is 1. The summed E-state index contributed by atoms with van der Waals surface area (Å²) in [5.74, 6) is 0. The molecule has 2 heteroatoms. The monoisotopic (exact) mass is 222 g/mol. The van der Waals surface area contributed by atoms with Crippen LogP contribution in [0.25, 0.3) is 0 Å². The molecule has 0 aromatic heterocycles. The molecule has 0 unspecified atom stereocenters. The van der Waals surface area contributed by atoms with Gasteiger partial charge >= 0.3 is 0 Å².